The van der Waals surface area contributed by atoms with Crippen LogP contribution in [0.1, 0.15) is 57.1 Å². The second-order valence-electron chi connectivity index (χ2n) is 8.04. The highest BCUT2D eigenvalue weighted by atomic mass is 16.3. The standard InChI is InChI=1S/C22H31N3O3/c1-14(2)24-22(28)25-19(12-23-15(3)27)21(20(25)13-26)18-10-8-17(9-11-18)16-6-4-5-7-16/h6,8-11,14,19-21,26H,4-5,7,12-13H2,1-3H3,(H,23,27)(H,24,28)/t19-,20+,21-/m1/s1. The summed E-state index contributed by atoms with van der Waals surface area (Å²) in [6, 6.07) is 7.78. The number of hydrogen-bond donors (Lipinski definition) is 3. The van der Waals surface area contributed by atoms with Gasteiger partial charge in [0, 0.05) is 25.4 Å². The summed E-state index contributed by atoms with van der Waals surface area (Å²) in [5, 5.41) is 15.7. The first-order valence-electron chi connectivity index (χ1n) is 10.2. The molecule has 3 atom stereocenters. The van der Waals surface area contributed by atoms with Gasteiger partial charge in [0.1, 0.15) is 0 Å². The Labute approximate surface area is 167 Å². The number of aliphatic hydroxyl groups excluding tert-OH is 1. The molecule has 1 aliphatic heterocycles. The Morgan fingerprint density at radius 1 is 1.21 bits per heavy atom. The number of nitrogens with zero attached hydrogens (tertiary/aromatic N) is 1. The predicted octanol–water partition coefficient (Wildman–Crippen LogP) is 2.64. The van der Waals surface area contributed by atoms with Crippen molar-refractivity contribution in [2.24, 2.45) is 0 Å². The van der Waals surface area contributed by atoms with Gasteiger partial charge in [-0.1, -0.05) is 30.3 Å². The van der Waals surface area contributed by atoms with E-state index in [1.165, 1.54) is 24.5 Å². The van der Waals surface area contributed by atoms with Gasteiger partial charge in [-0.3, -0.25) is 4.79 Å². The van der Waals surface area contributed by atoms with Crippen molar-refractivity contribution in [3.05, 3.63) is 41.5 Å². The van der Waals surface area contributed by atoms with E-state index in [1.54, 1.807) is 4.90 Å². The summed E-state index contributed by atoms with van der Waals surface area (Å²) in [6.45, 7) is 5.54. The Bertz CT molecular complexity index is 742. The van der Waals surface area contributed by atoms with E-state index in [-0.39, 0.29) is 42.6 Å². The normalized spacial score (nSPS) is 24.0. The van der Waals surface area contributed by atoms with Crippen molar-refractivity contribution in [2.45, 2.75) is 64.1 Å². The van der Waals surface area contributed by atoms with Gasteiger partial charge in [0.25, 0.3) is 0 Å². The maximum Gasteiger partial charge on any atom is 0.318 e. The van der Waals surface area contributed by atoms with Gasteiger partial charge < -0.3 is 20.6 Å². The molecular formula is C22H31N3O3. The molecule has 0 unspecified atom stereocenters. The highest BCUT2D eigenvalue weighted by Crippen LogP contribution is 2.41. The fraction of sp³-hybridized carbons (Fsp3) is 0.545. The quantitative estimate of drug-likeness (QED) is 0.704. The van der Waals surface area contributed by atoms with E-state index in [1.807, 2.05) is 13.8 Å². The average molecular weight is 386 g/mol. The van der Waals surface area contributed by atoms with E-state index in [0.29, 0.717) is 6.54 Å². The van der Waals surface area contributed by atoms with Gasteiger partial charge in [-0.2, -0.15) is 0 Å². The van der Waals surface area contributed by atoms with Crippen LogP contribution in [0.15, 0.2) is 30.3 Å². The van der Waals surface area contributed by atoms with Crippen molar-refractivity contribution in [3.63, 3.8) is 0 Å². The average Bonchev–Trinajstić information content (AvgIpc) is 3.15. The van der Waals surface area contributed by atoms with E-state index in [2.05, 4.69) is 41.0 Å². The fourth-order valence-electron chi connectivity index (χ4n) is 4.34. The summed E-state index contributed by atoms with van der Waals surface area (Å²) in [7, 11) is 0. The number of allylic oxidation sites excluding steroid dienone is 2. The maximum atomic E-state index is 12.6. The van der Waals surface area contributed by atoms with Crippen molar-refractivity contribution in [1.29, 1.82) is 0 Å². The molecule has 6 heteroatoms. The number of urea groups is 1. The molecule has 1 saturated heterocycles. The molecule has 0 radical (unpaired) electrons. The van der Waals surface area contributed by atoms with Crippen LogP contribution in [-0.4, -0.2) is 53.2 Å². The molecule has 3 amide bonds. The van der Waals surface area contributed by atoms with Crippen LogP contribution in [0.5, 0.6) is 0 Å². The number of benzene rings is 1. The number of amides is 3. The number of nitrogens with one attached hydrogen (secondary N) is 2. The minimum absolute atomic E-state index is 0.00581. The Morgan fingerprint density at radius 3 is 2.46 bits per heavy atom. The largest absolute Gasteiger partial charge is 0.394 e. The van der Waals surface area contributed by atoms with Crippen LogP contribution in [0.25, 0.3) is 5.57 Å². The minimum Gasteiger partial charge on any atom is -0.394 e. The third-order valence-corrected chi connectivity index (χ3v) is 5.64. The van der Waals surface area contributed by atoms with Crippen molar-refractivity contribution < 1.29 is 14.7 Å². The molecule has 0 bridgehead atoms. The first kappa shape index (κ1) is 20.4. The minimum atomic E-state index is -0.297. The SMILES string of the molecule is CC(=O)NC[C@@H]1[C@@H](c2ccc(C3=CCCC3)cc2)[C@H](CO)N1C(=O)NC(C)C. The molecule has 1 heterocycles. The number of carbonyl (C=O) groups is 2. The van der Waals surface area contributed by atoms with Crippen LogP contribution >= 0.6 is 0 Å². The zero-order valence-corrected chi connectivity index (χ0v) is 16.9. The van der Waals surface area contributed by atoms with Gasteiger partial charge in [-0.15, -0.1) is 0 Å². The van der Waals surface area contributed by atoms with Gasteiger partial charge in [-0.05, 0) is 49.8 Å². The highest BCUT2D eigenvalue weighted by Gasteiger charge is 2.51. The second kappa shape index (κ2) is 8.78. The van der Waals surface area contributed by atoms with Gasteiger partial charge in [-0.25, -0.2) is 4.79 Å². The lowest BCUT2D eigenvalue weighted by Crippen LogP contribution is -2.70. The Balaban J connectivity index is 1.81. The fourth-order valence-corrected chi connectivity index (χ4v) is 4.34. The van der Waals surface area contributed by atoms with E-state index < -0.39 is 0 Å². The molecule has 28 heavy (non-hydrogen) atoms. The molecule has 1 aromatic rings. The topological polar surface area (TPSA) is 81.7 Å². The van der Waals surface area contributed by atoms with Crippen LogP contribution in [0.3, 0.4) is 0 Å². The molecule has 1 fully saturated rings. The van der Waals surface area contributed by atoms with Crippen molar-refractivity contribution in [2.75, 3.05) is 13.2 Å². The van der Waals surface area contributed by atoms with Crippen molar-refractivity contribution in [3.8, 4) is 0 Å². The summed E-state index contributed by atoms with van der Waals surface area (Å²) in [5.74, 6) is -0.139. The van der Waals surface area contributed by atoms with Gasteiger partial charge >= 0.3 is 6.03 Å². The van der Waals surface area contributed by atoms with Crippen molar-refractivity contribution >= 4 is 17.5 Å². The lowest BCUT2D eigenvalue weighted by Gasteiger charge is -2.54. The van der Waals surface area contributed by atoms with Crippen LogP contribution < -0.4 is 10.6 Å². The van der Waals surface area contributed by atoms with Crippen LogP contribution in [-0.2, 0) is 4.79 Å². The van der Waals surface area contributed by atoms with Crippen LogP contribution in [0.2, 0.25) is 0 Å². The Hall–Kier alpha value is -2.34. The zero-order chi connectivity index (χ0) is 20.3. The molecule has 2 aliphatic rings. The molecule has 1 aliphatic carbocycles. The lowest BCUT2D eigenvalue weighted by atomic mass is 9.75. The molecule has 3 N–H and O–H groups in total. The van der Waals surface area contributed by atoms with E-state index >= 15 is 0 Å². The van der Waals surface area contributed by atoms with E-state index in [9.17, 15) is 14.7 Å². The first-order chi connectivity index (χ1) is 13.4. The summed E-state index contributed by atoms with van der Waals surface area (Å²) in [4.78, 5) is 25.8. The van der Waals surface area contributed by atoms with Gasteiger partial charge in [0.2, 0.25) is 5.91 Å². The predicted molar refractivity (Wildman–Crippen MR) is 110 cm³/mol. The summed E-state index contributed by atoms with van der Waals surface area (Å²) in [5.41, 5.74) is 3.73. The summed E-state index contributed by atoms with van der Waals surface area (Å²) >= 11 is 0. The summed E-state index contributed by atoms with van der Waals surface area (Å²) in [6.07, 6.45) is 5.78. The Morgan fingerprint density at radius 2 is 1.93 bits per heavy atom. The monoisotopic (exact) mass is 385 g/mol. The number of carbonyl (C=O) groups excluding carboxylic acids is 2. The number of rotatable bonds is 6. The highest BCUT2D eigenvalue weighted by molar-refractivity contribution is 5.78. The number of likely N-dealkylation sites (tertiary alicyclic amines) is 1. The summed E-state index contributed by atoms with van der Waals surface area (Å²) < 4.78 is 0. The second-order valence-corrected chi connectivity index (χ2v) is 8.04. The number of aliphatic hydroxyl groups is 1. The molecule has 152 valence electrons. The molecule has 0 aromatic heterocycles. The van der Waals surface area contributed by atoms with Crippen LogP contribution in [0.4, 0.5) is 4.79 Å². The lowest BCUT2D eigenvalue weighted by molar-refractivity contribution is -0.119. The van der Waals surface area contributed by atoms with E-state index in [4.69, 9.17) is 0 Å². The molecule has 1 aromatic carbocycles. The third kappa shape index (κ3) is 4.22. The molecule has 0 saturated carbocycles. The first-order valence-corrected chi connectivity index (χ1v) is 10.2. The molecule has 3 rings (SSSR count). The third-order valence-electron chi connectivity index (χ3n) is 5.64. The van der Waals surface area contributed by atoms with E-state index in [0.717, 1.165) is 18.4 Å². The van der Waals surface area contributed by atoms with Crippen LogP contribution in [0, 0.1) is 0 Å². The zero-order valence-electron chi connectivity index (χ0n) is 16.9. The Kier molecular flexibility index (Phi) is 6.39. The maximum absolute atomic E-state index is 12.6. The molecule has 6 nitrogen and oxygen atoms in total. The molecular weight excluding hydrogens is 354 g/mol. The smallest absolute Gasteiger partial charge is 0.318 e. The number of hydrogen-bond acceptors (Lipinski definition) is 3. The molecule has 0 spiro atoms. The van der Waals surface area contributed by atoms with Gasteiger partial charge in [0.05, 0.1) is 18.7 Å². The van der Waals surface area contributed by atoms with Gasteiger partial charge in [0.15, 0.2) is 0 Å². The van der Waals surface area contributed by atoms with Crippen molar-refractivity contribution in [1.82, 2.24) is 15.5 Å².